The Morgan fingerprint density at radius 1 is 1.52 bits per heavy atom. The highest BCUT2D eigenvalue weighted by atomic mass is 19.1. The van der Waals surface area contributed by atoms with E-state index in [-0.39, 0.29) is 24.1 Å². The molecule has 2 N–H and O–H groups in total. The minimum atomic E-state index is -0.774. The summed E-state index contributed by atoms with van der Waals surface area (Å²) in [6.07, 6.45) is 0. The first-order valence-corrected chi connectivity index (χ1v) is 5.96. The van der Waals surface area contributed by atoms with E-state index in [0.29, 0.717) is 0 Å². The fourth-order valence-electron chi connectivity index (χ4n) is 1.47. The van der Waals surface area contributed by atoms with Crippen molar-refractivity contribution in [1.82, 2.24) is 10.1 Å². The fourth-order valence-corrected chi connectivity index (χ4v) is 1.47. The van der Waals surface area contributed by atoms with Crippen molar-refractivity contribution >= 4 is 5.69 Å². The maximum atomic E-state index is 13.0. The summed E-state index contributed by atoms with van der Waals surface area (Å²) >= 11 is 0. The minimum absolute atomic E-state index is 0.0897. The summed E-state index contributed by atoms with van der Waals surface area (Å²) in [4.78, 5) is 14.1. The van der Waals surface area contributed by atoms with Gasteiger partial charge in [-0.25, -0.2) is 4.39 Å². The molecule has 21 heavy (non-hydrogen) atoms. The number of hydrogen-bond donors (Lipinski definition) is 1. The molecule has 0 aliphatic heterocycles. The highest BCUT2D eigenvalue weighted by Gasteiger charge is 2.22. The quantitative estimate of drug-likeness (QED) is 0.661. The minimum Gasteiger partial charge on any atom is -0.477 e. The van der Waals surface area contributed by atoms with Gasteiger partial charge in [0.15, 0.2) is 18.2 Å². The van der Waals surface area contributed by atoms with Crippen LogP contribution < -0.4 is 10.5 Å². The number of ether oxygens (including phenoxy) is 1. The second-order valence-electron chi connectivity index (χ2n) is 4.89. The lowest BCUT2D eigenvalue weighted by atomic mass is 10.1. The van der Waals surface area contributed by atoms with Gasteiger partial charge in [-0.15, -0.1) is 0 Å². The number of nitrogens with zero attached hydrogens (tertiary/aromatic N) is 3. The molecule has 0 bridgehead atoms. The van der Waals surface area contributed by atoms with E-state index in [0.717, 1.165) is 18.2 Å². The summed E-state index contributed by atoms with van der Waals surface area (Å²) in [6, 6.07) is 3.00. The monoisotopic (exact) mass is 296 g/mol. The molecule has 0 fully saturated rings. The standard InChI is InChI=1S/C12H13FN4O4/c1-12(2,14)11-15-10(21-16-11)6-20-9-4-3-7(13)5-8(9)17(18)19/h3-5H,6,14H2,1-2H3. The number of hydrogen-bond acceptors (Lipinski definition) is 7. The van der Waals surface area contributed by atoms with Crippen LogP contribution in [-0.2, 0) is 12.1 Å². The second kappa shape index (κ2) is 5.44. The molecule has 0 radical (unpaired) electrons. The van der Waals surface area contributed by atoms with Gasteiger partial charge in [-0.2, -0.15) is 4.98 Å². The first kappa shape index (κ1) is 14.9. The molecule has 112 valence electrons. The largest absolute Gasteiger partial charge is 0.477 e. The maximum absolute atomic E-state index is 13.0. The van der Waals surface area contributed by atoms with Gasteiger partial charge in [-0.1, -0.05) is 5.16 Å². The molecule has 2 aromatic rings. The molecular formula is C12H13FN4O4. The van der Waals surface area contributed by atoms with Gasteiger partial charge in [-0.3, -0.25) is 10.1 Å². The van der Waals surface area contributed by atoms with E-state index in [1.165, 1.54) is 0 Å². The van der Waals surface area contributed by atoms with Crippen molar-refractivity contribution in [3.63, 3.8) is 0 Å². The summed E-state index contributed by atoms with van der Waals surface area (Å²) in [5.41, 5.74) is 4.55. The Labute approximate surface area is 118 Å². The van der Waals surface area contributed by atoms with Crippen molar-refractivity contribution in [3.8, 4) is 5.75 Å². The number of benzene rings is 1. The van der Waals surface area contributed by atoms with Crippen LogP contribution in [0.3, 0.4) is 0 Å². The maximum Gasteiger partial charge on any atom is 0.313 e. The van der Waals surface area contributed by atoms with Crippen molar-refractivity contribution in [1.29, 1.82) is 0 Å². The van der Waals surface area contributed by atoms with Gasteiger partial charge < -0.3 is 15.0 Å². The van der Waals surface area contributed by atoms with E-state index in [1.54, 1.807) is 13.8 Å². The third kappa shape index (κ3) is 3.51. The van der Waals surface area contributed by atoms with E-state index < -0.39 is 22.0 Å². The zero-order valence-electron chi connectivity index (χ0n) is 11.4. The number of aromatic nitrogens is 2. The molecule has 0 amide bonds. The Morgan fingerprint density at radius 2 is 2.24 bits per heavy atom. The first-order chi connectivity index (χ1) is 9.77. The van der Waals surface area contributed by atoms with Gasteiger partial charge in [0.05, 0.1) is 16.5 Å². The molecule has 1 heterocycles. The molecule has 0 aliphatic rings. The zero-order valence-corrected chi connectivity index (χ0v) is 11.4. The van der Waals surface area contributed by atoms with Crippen molar-refractivity contribution < 1.29 is 18.6 Å². The predicted octanol–water partition coefficient (Wildman–Crippen LogP) is 1.89. The van der Waals surface area contributed by atoms with Crippen LogP contribution in [0, 0.1) is 15.9 Å². The number of nitro groups is 1. The van der Waals surface area contributed by atoms with Crippen LogP contribution in [-0.4, -0.2) is 15.1 Å². The van der Waals surface area contributed by atoms with Crippen LogP contribution in [0.5, 0.6) is 5.75 Å². The molecule has 0 saturated carbocycles. The average Bonchev–Trinajstić information content (AvgIpc) is 2.85. The van der Waals surface area contributed by atoms with Gasteiger partial charge >= 0.3 is 5.69 Å². The molecule has 0 atom stereocenters. The van der Waals surface area contributed by atoms with Gasteiger partial charge in [0.25, 0.3) is 5.89 Å². The smallest absolute Gasteiger partial charge is 0.313 e. The highest BCUT2D eigenvalue weighted by Crippen LogP contribution is 2.28. The summed E-state index contributed by atoms with van der Waals surface area (Å²) < 4.78 is 23.1. The molecule has 2 rings (SSSR count). The molecule has 0 unspecified atom stereocenters. The molecule has 1 aromatic carbocycles. The van der Waals surface area contributed by atoms with Crippen molar-refractivity contribution in [2.45, 2.75) is 26.0 Å². The van der Waals surface area contributed by atoms with Crippen LogP contribution in [0.15, 0.2) is 22.7 Å². The predicted molar refractivity (Wildman–Crippen MR) is 68.9 cm³/mol. The van der Waals surface area contributed by atoms with Gasteiger partial charge in [-0.05, 0) is 26.0 Å². The van der Waals surface area contributed by atoms with Gasteiger partial charge in [0, 0.05) is 0 Å². The second-order valence-corrected chi connectivity index (χ2v) is 4.89. The summed E-state index contributed by atoms with van der Waals surface area (Å²) in [7, 11) is 0. The molecule has 8 nitrogen and oxygen atoms in total. The molecule has 0 aliphatic carbocycles. The Morgan fingerprint density at radius 3 is 2.81 bits per heavy atom. The fraction of sp³-hybridized carbons (Fsp3) is 0.333. The topological polar surface area (TPSA) is 117 Å². The molecular weight excluding hydrogens is 283 g/mol. The van der Waals surface area contributed by atoms with E-state index in [9.17, 15) is 14.5 Å². The Bertz CT molecular complexity index is 666. The lowest BCUT2D eigenvalue weighted by Crippen LogP contribution is -2.30. The van der Waals surface area contributed by atoms with Crippen LogP contribution in [0.25, 0.3) is 0 Å². The van der Waals surface area contributed by atoms with E-state index in [1.807, 2.05) is 0 Å². The normalized spacial score (nSPS) is 11.4. The molecule has 0 spiro atoms. The summed E-state index contributed by atoms with van der Waals surface area (Å²) in [6.45, 7) is 3.22. The lowest BCUT2D eigenvalue weighted by molar-refractivity contribution is -0.386. The van der Waals surface area contributed by atoms with E-state index in [2.05, 4.69) is 10.1 Å². The van der Waals surface area contributed by atoms with E-state index >= 15 is 0 Å². The Hall–Kier alpha value is -2.55. The van der Waals surface area contributed by atoms with Crippen LogP contribution in [0.4, 0.5) is 10.1 Å². The number of nitro benzene ring substituents is 1. The van der Waals surface area contributed by atoms with Gasteiger partial charge in [0.2, 0.25) is 0 Å². The Balaban J connectivity index is 2.13. The zero-order chi connectivity index (χ0) is 15.6. The number of halogens is 1. The third-order valence-corrected chi connectivity index (χ3v) is 2.51. The first-order valence-electron chi connectivity index (χ1n) is 5.96. The number of nitrogens with two attached hydrogens (primary N) is 1. The van der Waals surface area contributed by atoms with Crippen molar-refractivity contribution in [3.05, 3.63) is 45.8 Å². The molecule has 1 aromatic heterocycles. The molecule has 0 saturated heterocycles. The summed E-state index contributed by atoms with van der Waals surface area (Å²) in [5, 5.41) is 14.5. The van der Waals surface area contributed by atoms with E-state index in [4.69, 9.17) is 15.0 Å². The third-order valence-electron chi connectivity index (χ3n) is 2.51. The van der Waals surface area contributed by atoms with Crippen LogP contribution in [0.2, 0.25) is 0 Å². The Kier molecular flexibility index (Phi) is 3.85. The number of rotatable bonds is 5. The van der Waals surface area contributed by atoms with Crippen LogP contribution >= 0.6 is 0 Å². The van der Waals surface area contributed by atoms with Crippen LogP contribution in [0.1, 0.15) is 25.6 Å². The highest BCUT2D eigenvalue weighted by molar-refractivity contribution is 5.46. The SMILES string of the molecule is CC(C)(N)c1noc(COc2ccc(F)cc2[N+](=O)[O-])n1. The van der Waals surface area contributed by atoms with Crippen molar-refractivity contribution in [2.75, 3.05) is 0 Å². The van der Waals surface area contributed by atoms with Gasteiger partial charge in [0.1, 0.15) is 5.82 Å². The lowest BCUT2D eigenvalue weighted by Gasteiger charge is -2.11. The average molecular weight is 296 g/mol. The van der Waals surface area contributed by atoms with Crippen molar-refractivity contribution in [2.24, 2.45) is 5.73 Å². The summed E-state index contributed by atoms with van der Waals surface area (Å²) in [5.74, 6) is -0.413. The molecule has 9 heteroatoms.